The van der Waals surface area contributed by atoms with Gasteiger partial charge >= 0.3 is 5.97 Å². The summed E-state index contributed by atoms with van der Waals surface area (Å²) < 4.78 is 6.43. The van der Waals surface area contributed by atoms with Crippen molar-refractivity contribution in [2.45, 2.75) is 18.1 Å². The summed E-state index contributed by atoms with van der Waals surface area (Å²) in [5, 5.41) is 14.5. The molecule has 32 heavy (non-hydrogen) atoms. The highest BCUT2D eigenvalue weighted by molar-refractivity contribution is 7.99. The van der Waals surface area contributed by atoms with Gasteiger partial charge in [0, 0.05) is 18.3 Å². The number of thioether (sulfide) groups is 1. The number of hydrogen-bond donors (Lipinski definition) is 2. The number of benzene rings is 2. The van der Waals surface area contributed by atoms with E-state index in [-0.39, 0.29) is 23.6 Å². The van der Waals surface area contributed by atoms with E-state index in [2.05, 4.69) is 25.6 Å². The first kappa shape index (κ1) is 23.0. The largest absolute Gasteiger partial charge is 0.465 e. The highest BCUT2D eigenvalue weighted by Gasteiger charge is 2.19. The molecule has 1 aromatic heterocycles. The topological polar surface area (TPSA) is 115 Å². The standard InChI is InChI=1S/C22H23N5O4S/c1-14(23-20(29)15-8-5-4-6-9-15)19-25-26-22(27(19)2)32-13-18(28)24-17-11-7-10-16(12-17)21(30)31-3/h4-12,14H,13H2,1-3H3,(H,23,29)(H,24,28)/t14-/m0/s1. The van der Waals surface area contributed by atoms with Gasteiger partial charge in [0.25, 0.3) is 5.91 Å². The van der Waals surface area contributed by atoms with Crippen molar-refractivity contribution >= 4 is 35.2 Å². The SMILES string of the molecule is COC(=O)c1cccc(NC(=O)CSc2nnc([C@H](C)NC(=O)c3ccccc3)n2C)c1. The molecule has 0 spiro atoms. The van der Waals surface area contributed by atoms with Crippen LogP contribution in [0.25, 0.3) is 0 Å². The maximum Gasteiger partial charge on any atom is 0.337 e. The van der Waals surface area contributed by atoms with Crippen LogP contribution in [0.1, 0.15) is 39.5 Å². The lowest BCUT2D eigenvalue weighted by Crippen LogP contribution is -2.28. The number of rotatable bonds is 8. The van der Waals surface area contributed by atoms with E-state index >= 15 is 0 Å². The number of hydrogen-bond acceptors (Lipinski definition) is 7. The third-order valence-electron chi connectivity index (χ3n) is 4.54. The van der Waals surface area contributed by atoms with Crippen LogP contribution in [-0.4, -0.2) is 45.4 Å². The van der Waals surface area contributed by atoms with Crippen LogP contribution >= 0.6 is 11.8 Å². The van der Waals surface area contributed by atoms with Crippen molar-refractivity contribution in [3.63, 3.8) is 0 Å². The molecule has 2 aromatic carbocycles. The number of esters is 1. The molecule has 0 fully saturated rings. The fourth-order valence-corrected chi connectivity index (χ4v) is 3.65. The van der Waals surface area contributed by atoms with Gasteiger partial charge in [0.15, 0.2) is 11.0 Å². The first-order chi connectivity index (χ1) is 15.4. The maximum atomic E-state index is 12.4. The fourth-order valence-electron chi connectivity index (χ4n) is 2.93. The van der Waals surface area contributed by atoms with Gasteiger partial charge in [0.1, 0.15) is 0 Å². The minimum Gasteiger partial charge on any atom is -0.465 e. The summed E-state index contributed by atoms with van der Waals surface area (Å²) in [6, 6.07) is 15.0. The number of carbonyl (C=O) groups excluding carboxylic acids is 3. The van der Waals surface area contributed by atoms with Gasteiger partial charge in [-0.15, -0.1) is 10.2 Å². The Hall–Kier alpha value is -3.66. The van der Waals surface area contributed by atoms with Crippen LogP contribution in [0.5, 0.6) is 0 Å². The predicted octanol–water partition coefficient (Wildman–Crippen LogP) is 2.82. The zero-order chi connectivity index (χ0) is 23.1. The number of nitrogens with zero attached hydrogens (tertiary/aromatic N) is 3. The van der Waals surface area contributed by atoms with Crippen molar-refractivity contribution in [3.8, 4) is 0 Å². The van der Waals surface area contributed by atoms with Crippen molar-refractivity contribution in [2.75, 3.05) is 18.2 Å². The number of anilines is 1. The number of methoxy groups -OCH3 is 1. The lowest BCUT2D eigenvalue weighted by molar-refractivity contribution is -0.113. The molecule has 0 aliphatic carbocycles. The summed E-state index contributed by atoms with van der Waals surface area (Å²) in [6.45, 7) is 1.82. The predicted molar refractivity (Wildman–Crippen MR) is 120 cm³/mol. The van der Waals surface area contributed by atoms with E-state index in [1.807, 2.05) is 13.0 Å². The van der Waals surface area contributed by atoms with E-state index in [1.165, 1.54) is 18.9 Å². The van der Waals surface area contributed by atoms with E-state index in [4.69, 9.17) is 0 Å². The van der Waals surface area contributed by atoms with E-state index in [1.54, 1.807) is 60.1 Å². The second-order valence-electron chi connectivity index (χ2n) is 6.87. The summed E-state index contributed by atoms with van der Waals surface area (Å²) in [5.41, 5.74) is 1.40. The lowest BCUT2D eigenvalue weighted by atomic mass is 10.2. The molecule has 0 saturated heterocycles. The average molecular weight is 454 g/mol. The Morgan fingerprint density at radius 1 is 1.06 bits per heavy atom. The van der Waals surface area contributed by atoms with Gasteiger partial charge in [0.2, 0.25) is 5.91 Å². The summed E-state index contributed by atoms with van der Waals surface area (Å²) in [4.78, 5) is 36.3. The highest BCUT2D eigenvalue weighted by Crippen LogP contribution is 2.20. The molecular weight excluding hydrogens is 430 g/mol. The maximum absolute atomic E-state index is 12.4. The van der Waals surface area contributed by atoms with Gasteiger partial charge in [-0.2, -0.15) is 0 Å². The minimum atomic E-state index is -0.476. The Bertz CT molecular complexity index is 1120. The molecule has 3 aromatic rings. The lowest BCUT2D eigenvalue weighted by Gasteiger charge is -2.13. The van der Waals surface area contributed by atoms with E-state index in [9.17, 15) is 14.4 Å². The van der Waals surface area contributed by atoms with Gasteiger partial charge in [-0.3, -0.25) is 9.59 Å². The fraction of sp³-hybridized carbons (Fsp3) is 0.227. The van der Waals surface area contributed by atoms with E-state index < -0.39 is 5.97 Å². The number of aromatic nitrogens is 3. The molecule has 0 unspecified atom stereocenters. The van der Waals surface area contributed by atoms with Crippen molar-refractivity contribution in [3.05, 3.63) is 71.5 Å². The molecule has 1 atom stereocenters. The Morgan fingerprint density at radius 2 is 1.78 bits per heavy atom. The van der Waals surface area contributed by atoms with Crippen LogP contribution in [0.2, 0.25) is 0 Å². The Balaban J connectivity index is 1.57. The third-order valence-corrected chi connectivity index (χ3v) is 5.56. The molecule has 1 heterocycles. The van der Waals surface area contributed by atoms with Crippen LogP contribution in [0.4, 0.5) is 5.69 Å². The van der Waals surface area contributed by atoms with Crippen molar-refractivity contribution in [1.82, 2.24) is 20.1 Å². The summed E-state index contributed by atoms with van der Waals surface area (Å²) in [5.74, 6) is -0.270. The molecule has 9 nitrogen and oxygen atoms in total. The summed E-state index contributed by atoms with van der Waals surface area (Å²) in [7, 11) is 3.08. The van der Waals surface area contributed by atoms with Gasteiger partial charge in [0.05, 0.1) is 24.5 Å². The first-order valence-electron chi connectivity index (χ1n) is 9.75. The molecule has 3 rings (SSSR count). The van der Waals surface area contributed by atoms with E-state index in [0.717, 1.165) is 0 Å². The monoisotopic (exact) mass is 453 g/mol. The Labute approximate surface area is 189 Å². The third kappa shape index (κ3) is 5.73. The zero-order valence-corrected chi connectivity index (χ0v) is 18.7. The van der Waals surface area contributed by atoms with Crippen LogP contribution in [-0.2, 0) is 16.6 Å². The Kier molecular flexibility index (Phi) is 7.61. The number of amides is 2. The molecule has 2 N–H and O–H groups in total. The van der Waals surface area contributed by atoms with Crippen LogP contribution in [0.15, 0.2) is 59.8 Å². The van der Waals surface area contributed by atoms with Crippen molar-refractivity contribution in [1.29, 1.82) is 0 Å². The minimum absolute atomic E-state index is 0.0964. The zero-order valence-electron chi connectivity index (χ0n) is 17.9. The molecule has 0 bridgehead atoms. The molecule has 0 saturated carbocycles. The first-order valence-corrected chi connectivity index (χ1v) is 10.7. The molecule has 166 valence electrons. The second kappa shape index (κ2) is 10.6. The van der Waals surface area contributed by atoms with Crippen LogP contribution < -0.4 is 10.6 Å². The molecule has 2 amide bonds. The quantitative estimate of drug-likeness (QED) is 0.398. The number of nitrogens with one attached hydrogen (secondary N) is 2. The van der Waals surface area contributed by atoms with Crippen molar-refractivity contribution in [2.24, 2.45) is 7.05 Å². The molecule has 0 aliphatic heterocycles. The van der Waals surface area contributed by atoms with Gasteiger partial charge in [-0.25, -0.2) is 4.79 Å². The normalized spacial score (nSPS) is 11.5. The average Bonchev–Trinajstić information content (AvgIpc) is 3.18. The van der Waals surface area contributed by atoms with E-state index in [0.29, 0.717) is 27.8 Å². The van der Waals surface area contributed by atoms with Crippen LogP contribution in [0.3, 0.4) is 0 Å². The Morgan fingerprint density at radius 3 is 2.50 bits per heavy atom. The molecule has 0 aliphatic rings. The summed E-state index contributed by atoms with van der Waals surface area (Å²) in [6.07, 6.45) is 0. The molecule has 10 heteroatoms. The van der Waals surface area contributed by atoms with Crippen molar-refractivity contribution < 1.29 is 19.1 Å². The second-order valence-corrected chi connectivity index (χ2v) is 7.81. The molecule has 0 radical (unpaired) electrons. The summed E-state index contributed by atoms with van der Waals surface area (Å²) >= 11 is 1.22. The smallest absolute Gasteiger partial charge is 0.337 e. The van der Waals surface area contributed by atoms with Gasteiger partial charge in [-0.1, -0.05) is 36.0 Å². The van der Waals surface area contributed by atoms with Gasteiger partial charge in [-0.05, 0) is 37.3 Å². The number of carbonyl (C=O) groups is 3. The molecular formula is C22H23N5O4S. The highest BCUT2D eigenvalue weighted by atomic mass is 32.2. The number of ether oxygens (including phenoxy) is 1. The van der Waals surface area contributed by atoms with Crippen LogP contribution in [0, 0.1) is 0 Å². The van der Waals surface area contributed by atoms with Gasteiger partial charge < -0.3 is 19.9 Å².